The summed E-state index contributed by atoms with van der Waals surface area (Å²) in [6.07, 6.45) is -0.755. The zero-order chi connectivity index (χ0) is 20.8. The number of alkyl halides is 3. The van der Waals surface area contributed by atoms with Crippen LogP contribution in [0.2, 0.25) is 0 Å². The maximum Gasteiger partial charge on any atom is 0.429 e. The van der Waals surface area contributed by atoms with Crippen molar-refractivity contribution in [3.63, 3.8) is 0 Å². The van der Waals surface area contributed by atoms with E-state index < -0.39 is 24.2 Å². The number of ether oxygens (including phenoxy) is 2. The lowest BCUT2D eigenvalue weighted by Crippen LogP contribution is -2.26. The van der Waals surface area contributed by atoms with Crippen molar-refractivity contribution in [2.24, 2.45) is 0 Å². The maximum absolute atomic E-state index is 13.1. The van der Waals surface area contributed by atoms with Gasteiger partial charge in [0, 0.05) is 18.4 Å². The molecule has 28 heavy (non-hydrogen) atoms. The fourth-order valence-electron chi connectivity index (χ4n) is 2.66. The summed E-state index contributed by atoms with van der Waals surface area (Å²) in [5, 5.41) is 0. The Bertz CT molecular complexity index is 573. The first kappa shape index (κ1) is 24.0. The molecule has 0 heterocycles. The minimum absolute atomic E-state index is 0.0209. The van der Waals surface area contributed by atoms with Crippen LogP contribution in [-0.2, 0) is 19.1 Å². The normalized spacial score (nSPS) is 12.4. The number of hydrogen-bond acceptors (Lipinski definition) is 4. The number of unbranched alkanes of at least 4 members (excludes halogenated alkanes) is 5. The van der Waals surface area contributed by atoms with Crippen LogP contribution in [-0.4, -0.2) is 24.7 Å². The van der Waals surface area contributed by atoms with E-state index in [1.54, 1.807) is 6.07 Å². The van der Waals surface area contributed by atoms with Gasteiger partial charge in [-0.1, -0.05) is 69.4 Å². The molecule has 0 spiro atoms. The molecule has 1 rings (SSSR count). The van der Waals surface area contributed by atoms with Crippen molar-refractivity contribution in [1.82, 2.24) is 0 Å². The fourth-order valence-corrected chi connectivity index (χ4v) is 2.66. The van der Waals surface area contributed by atoms with E-state index in [-0.39, 0.29) is 24.8 Å². The van der Waals surface area contributed by atoms with Crippen molar-refractivity contribution in [3.8, 4) is 0 Å². The van der Waals surface area contributed by atoms with E-state index in [4.69, 9.17) is 4.74 Å². The number of halogens is 3. The molecular weight excluding hydrogens is 373 g/mol. The van der Waals surface area contributed by atoms with Crippen LogP contribution in [0.25, 0.3) is 0 Å². The highest BCUT2D eigenvalue weighted by Gasteiger charge is 2.43. The minimum atomic E-state index is -4.70. The van der Waals surface area contributed by atoms with Gasteiger partial charge in [-0.3, -0.25) is 9.59 Å². The summed E-state index contributed by atoms with van der Waals surface area (Å²) in [6.45, 7) is 2.47. The quantitative estimate of drug-likeness (QED) is 0.304. The molecule has 0 fully saturated rings. The Kier molecular flexibility index (Phi) is 11.3. The molecule has 4 nitrogen and oxygen atoms in total. The standard InChI is InChI=1S/C21H29F3O4/c1-2-3-4-5-6-10-16-27-18(25)14-11-15-19(26)28-20(21(22,23)24)17-12-8-7-9-13-17/h7-9,12-13,20H,2-6,10-11,14-16H2,1H3. The van der Waals surface area contributed by atoms with E-state index in [2.05, 4.69) is 11.7 Å². The number of carbonyl (C=O) groups is 2. The van der Waals surface area contributed by atoms with E-state index in [1.807, 2.05) is 0 Å². The summed E-state index contributed by atoms with van der Waals surface area (Å²) in [4.78, 5) is 23.4. The van der Waals surface area contributed by atoms with E-state index in [0.29, 0.717) is 6.61 Å². The van der Waals surface area contributed by atoms with Crippen LogP contribution in [0.3, 0.4) is 0 Å². The van der Waals surface area contributed by atoms with Gasteiger partial charge >= 0.3 is 18.1 Å². The van der Waals surface area contributed by atoms with E-state index >= 15 is 0 Å². The predicted molar refractivity (Wildman–Crippen MR) is 99.5 cm³/mol. The third-order valence-electron chi connectivity index (χ3n) is 4.17. The second kappa shape index (κ2) is 13.2. The fraction of sp³-hybridized carbons (Fsp3) is 0.619. The van der Waals surface area contributed by atoms with Crippen molar-refractivity contribution in [2.45, 2.75) is 77.0 Å². The highest BCUT2D eigenvalue weighted by Crippen LogP contribution is 2.36. The first-order valence-electron chi connectivity index (χ1n) is 9.81. The van der Waals surface area contributed by atoms with Crippen molar-refractivity contribution >= 4 is 11.9 Å². The number of esters is 2. The van der Waals surface area contributed by atoms with Gasteiger partial charge in [0.2, 0.25) is 6.10 Å². The second-order valence-electron chi connectivity index (χ2n) is 6.66. The molecule has 1 unspecified atom stereocenters. The molecule has 158 valence electrons. The molecule has 1 aromatic rings. The Hall–Kier alpha value is -2.05. The topological polar surface area (TPSA) is 52.6 Å². The predicted octanol–water partition coefficient (Wildman–Crippen LogP) is 5.91. The van der Waals surface area contributed by atoms with Gasteiger partial charge in [-0.2, -0.15) is 13.2 Å². The van der Waals surface area contributed by atoms with E-state index in [1.165, 1.54) is 43.5 Å². The largest absolute Gasteiger partial charge is 0.466 e. The molecule has 0 aromatic heterocycles. The molecule has 0 radical (unpaired) electrons. The molecule has 0 N–H and O–H groups in total. The summed E-state index contributed by atoms with van der Waals surface area (Å²) < 4.78 is 49.1. The molecule has 0 aliphatic heterocycles. The first-order chi connectivity index (χ1) is 13.3. The zero-order valence-electron chi connectivity index (χ0n) is 16.3. The summed E-state index contributed by atoms with van der Waals surface area (Å²) in [5.41, 5.74) is -0.137. The average Bonchev–Trinajstić information content (AvgIpc) is 2.65. The van der Waals surface area contributed by atoms with Crippen molar-refractivity contribution in [1.29, 1.82) is 0 Å². The maximum atomic E-state index is 13.1. The van der Waals surface area contributed by atoms with Gasteiger partial charge < -0.3 is 9.47 Å². The number of carbonyl (C=O) groups excluding carboxylic acids is 2. The molecule has 7 heteroatoms. The molecule has 0 aliphatic rings. The molecule has 0 aliphatic carbocycles. The summed E-state index contributed by atoms with van der Waals surface area (Å²) in [5.74, 6) is -1.44. The van der Waals surface area contributed by atoms with Crippen molar-refractivity contribution in [3.05, 3.63) is 35.9 Å². The third kappa shape index (κ3) is 10.3. The van der Waals surface area contributed by atoms with Crippen molar-refractivity contribution < 1.29 is 32.2 Å². The van der Waals surface area contributed by atoms with Crippen molar-refractivity contribution in [2.75, 3.05) is 6.61 Å². The smallest absolute Gasteiger partial charge is 0.429 e. The van der Waals surface area contributed by atoms with Gasteiger partial charge in [0.1, 0.15) is 0 Å². The van der Waals surface area contributed by atoms with Crippen LogP contribution >= 0.6 is 0 Å². The second-order valence-corrected chi connectivity index (χ2v) is 6.66. The average molecular weight is 402 g/mol. The van der Waals surface area contributed by atoms with Gasteiger partial charge in [-0.25, -0.2) is 0 Å². The van der Waals surface area contributed by atoms with Crippen LogP contribution in [0.4, 0.5) is 13.2 Å². The Morgan fingerprint density at radius 2 is 1.50 bits per heavy atom. The van der Waals surface area contributed by atoms with Gasteiger partial charge in [0.15, 0.2) is 0 Å². The molecule has 0 bridgehead atoms. The first-order valence-corrected chi connectivity index (χ1v) is 9.81. The summed E-state index contributed by atoms with van der Waals surface area (Å²) in [6, 6.07) is 6.98. The van der Waals surface area contributed by atoms with Gasteiger partial charge in [-0.05, 0) is 12.8 Å². The highest BCUT2D eigenvalue weighted by atomic mass is 19.4. The summed E-state index contributed by atoms with van der Waals surface area (Å²) >= 11 is 0. The van der Waals surface area contributed by atoms with Crippen LogP contribution in [0, 0.1) is 0 Å². The van der Waals surface area contributed by atoms with Crippen LogP contribution in [0.15, 0.2) is 30.3 Å². The Labute approximate surface area is 164 Å². The van der Waals surface area contributed by atoms with Crippen LogP contribution in [0.1, 0.15) is 76.4 Å². The SMILES string of the molecule is CCCCCCCCOC(=O)CCCC(=O)OC(c1ccccc1)C(F)(F)F. The highest BCUT2D eigenvalue weighted by molar-refractivity contribution is 5.72. The Morgan fingerprint density at radius 1 is 0.893 bits per heavy atom. The molecule has 1 aromatic carbocycles. The van der Waals surface area contributed by atoms with Crippen LogP contribution in [0.5, 0.6) is 0 Å². The molecule has 1 atom stereocenters. The zero-order valence-corrected chi connectivity index (χ0v) is 16.3. The molecule has 0 saturated carbocycles. The lowest BCUT2D eigenvalue weighted by atomic mass is 10.1. The molecular formula is C21H29F3O4. The molecule has 0 amide bonds. The lowest BCUT2D eigenvalue weighted by molar-refractivity contribution is -0.224. The van der Waals surface area contributed by atoms with E-state index in [9.17, 15) is 22.8 Å². The number of rotatable bonds is 13. The Balaban J connectivity index is 2.25. The van der Waals surface area contributed by atoms with E-state index in [0.717, 1.165) is 19.3 Å². The monoisotopic (exact) mass is 402 g/mol. The molecule has 0 saturated heterocycles. The third-order valence-corrected chi connectivity index (χ3v) is 4.17. The number of hydrogen-bond donors (Lipinski definition) is 0. The summed E-state index contributed by atoms with van der Waals surface area (Å²) in [7, 11) is 0. The Morgan fingerprint density at radius 3 is 2.14 bits per heavy atom. The van der Waals surface area contributed by atoms with Gasteiger partial charge in [0.25, 0.3) is 0 Å². The minimum Gasteiger partial charge on any atom is -0.466 e. The lowest BCUT2D eigenvalue weighted by Gasteiger charge is -2.21. The van der Waals surface area contributed by atoms with Gasteiger partial charge in [-0.15, -0.1) is 0 Å². The van der Waals surface area contributed by atoms with Gasteiger partial charge in [0.05, 0.1) is 6.61 Å². The van der Waals surface area contributed by atoms with Crippen LogP contribution < -0.4 is 0 Å². The number of benzene rings is 1.